The van der Waals surface area contributed by atoms with E-state index in [4.69, 9.17) is 0 Å². The second-order valence-corrected chi connectivity index (χ2v) is 6.91. The summed E-state index contributed by atoms with van der Waals surface area (Å²) in [6, 6.07) is 9.36. The molecule has 1 aromatic rings. The quantitative estimate of drug-likeness (QED) is 0.783. The third kappa shape index (κ3) is 3.19. The standard InChI is InChI=1S/C15H23NS/c1-11-9-15(2,3)10-14(11)16-12-6-5-7-13(8-12)17-4/h5-8,11,14,16H,9-10H2,1-4H3. The van der Waals surface area contributed by atoms with E-state index in [-0.39, 0.29) is 0 Å². The van der Waals surface area contributed by atoms with Crippen LogP contribution in [0.5, 0.6) is 0 Å². The highest BCUT2D eigenvalue weighted by atomic mass is 32.2. The van der Waals surface area contributed by atoms with E-state index in [0.717, 1.165) is 5.92 Å². The first-order valence-corrected chi connectivity index (χ1v) is 7.63. The maximum atomic E-state index is 3.71. The molecule has 1 saturated carbocycles. The molecule has 0 aromatic heterocycles. The van der Waals surface area contributed by atoms with Crippen LogP contribution in [0.25, 0.3) is 0 Å². The summed E-state index contributed by atoms with van der Waals surface area (Å²) < 4.78 is 0. The van der Waals surface area contributed by atoms with Gasteiger partial charge in [0, 0.05) is 16.6 Å². The molecule has 0 spiro atoms. The summed E-state index contributed by atoms with van der Waals surface area (Å²) in [4.78, 5) is 1.33. The Labute approximate surface area is 109 Å². The highest BCUT2D eigenvalue weighted by Crippen LogP contribution is 2.42. The summed E-state index contributed by atoms with van der Waals surface area (Å²) >= 11 is 1.80. The van der Waals surface area contributed by atoms with Crippen molar-refractivity contribution in [1.29, 1.82) is 0 Å². The van der Waals surface area contributed by atoms with Gasteiger partial charge in [-0.1, -0.05) is 26.8 Å². The molecule has 2 atom stereocenters. The lowest BCUT2D eigenvalue weighted by molar-refractivity contribution is 0.366. The molecule has 0 amide bonds. The van der Waals surface area contributed by atoms with Gasteiger partial charge in [-0.05, 0) is 48.6 Å². The SMILES string of the molecule is CSc1cccc(NC2CC(C)(C)CC2C)c1. The Morgan fingerprint density at radius 3 is 2.65 bits per heavy atom. The number of thioether (sulfide) groups is 1. The Kier molecular flexibility index (Phi) is 3.72. The van der Waals surface area contributed by atoms with Crippen LogP contribution in [0.4, 0.5) is 5.69 Å². The topological polar surface area (TPSA) is 12.0 Å². The number of rotatable bonds is 3. The number of nitrogens with one attached hydrogen (secondary N) is 1. The molecule has 1 aliphatic rings. The molecule has 0 bridgehead atoms. The summed E-state index contributed by atoms with van der Waals surface area (Å²) in [5, 5.41) is 3.71. The first-order valence-electron chi connectivity index (χ1n) is 6.41. The van der Waals surface area contributed by atoms with Crippen molar-refractivity contribution in [2.24, 2.45) is 11.3 Å². The van der Waals surface area contributed by atoms with Crippen molar-refractivity contribution in [2.45, 2.75) is 44.6 Å². The molecule has 1 aliphatic carbocycles. The Balaban J connectivity index is 2.06. The van der Waals surface area contributed by atoms with E-state index >= 15 is 0 Å². The minimum absolute atomic E-state index is 0.494. The second-order valence-electron chi connectivity index (χ2n) is 6.03. The average molecular weight is 249 g/mol. The van der Waals surface area contributed by atoms with Crippen LogP contribution < -0.4 is 5.32 Å². The fraction of sp³-hybridized carbons (Fsp3) is 0.600. The highest BCUT2D eigenvalue weighted by Gasteiger charge is 2.36. The monoisotopic (exact) mass is 249 g/mol. The zero-order valence-corrected chi connectivity index (χ0v) is 12.1. The minimum Gasteiger partial charge on any atom is -0.382 e. The van der Waals surface area contributed by atoms with Gasteiger partial charge in [0.2, 0.25) is 0 Å². The van der Waals surface area contributed by atoms with Crippen molar-refractivity contribution in [2.75, 3.05) is 11.6 Å². The molecule has 0 saturated heterocycles. The number of hydrogen-bond donors (Lipinski definition) is 1. The van der Waals surface area contributed by atoms with Crippen LogP contribution in [0.2, 0.25) is 0 Å². The van der Waals surface area contributed by atoms with Crippen molar-refractivity contribution >= 4 is 17.4 Å². The zero-order chi connectivity index (χ0) is 12.5. The van der Waals surface area contributed by atoms with Crippen LogP contribution in [0, 0.1) is 11.3 Å². The molecule has 1 nitrogen and oxygen atoms in total. The largest absolute Gasteiger partial charge is 0.382 e. The predicted octanol–water partition coefficient (Wildman–Crippen LogP) is 4.65. The maximum absolute atomic E-state index is 3.71. The van der Waals surface area contributed by atoms with Crippen molar-refractivity contribution in [3.05, 3.63) is 24.3 Å². The summed E-state index contributed by atoms with van der Waals surface area (Å²) in [6.07, 6.45) is 4.73. The molecular formula is C15H23NS. The fourth-order valence-corrected chi connectivity index (χ4v) is 3.47. The molecule has 0 aliphatic heterocycles. The normalized spacial score (nSPS) is 27.1. The van der Waals surface area contributed by atoms with Crippen LogP contribution in [-0.4, -0.2) is 12.3 Å². The van der Waals surface area contributed by atoms with Gasteiger partial charge in [-0.15, -0.1) is 11.8 Å². The average Bonchev–Trinajstić information content (AvgIpc) is 2.52. The van der Waals surface area contributed by atoms with Crippen LogP contribution in [0.1, 0.15) is 33.6 Å². The van der Waals surface area contributed by atoms with Gasteiger partial charge in [-0.3, -0.25) is 0 Å². The lowest BCUT2D eigenvalue weighted by atomic mass is 9.91. The molecule has 0 radical (unpaired) electrons. The molecule has 1 fully saturated rings. The van der Waals surface area contributed by atoms with Crippen LogP contribution >= 0.6 is 11.8 Å². The second kappa shape index (κ2) is 4.93. The highest BCUT2D eigenvalue weighted by molar-refractivity contribution is 7.98. The van der Waals surface area contributed by atoms with E-state index in [1.165, 1.54) is 23.4 Å². The van der Waals surface area contributed by atoms with Crippen LogP contribution in [0.3, 0.4) is 0 Å². The Morgan fingerprint density at radius 2 is 2.06 bits per heavy atom. The van der Waals surface area contributed by atoms with Gasteiger partial charge in [-0.2, -0.15) is 0 Å². The summed E-state index contributed by atoms with van der Waals surface area (Å²) in [6.45, 7) is 7.12. The molecule has 94 valence electrons. The van der Waals surface area contributed by atoms with Gasteiger partial charge >= 0.3 is 0 Å². The van der Waals surface area contributed by atoms with E-state index in [1.807, 2.05) is 0 Å². The van der Waals surface area contributed by atoms with Gasteiger partial charge in [0.05, 0.1) is 0 Å². The number of benzene rings is 1. The van der Waals surface area contributed by atoms with Gasteiger partial charge in [-0.25, -0.2) is 0 Å². The first-order chi connectivity index (χ1) is 8.00. The molecule has 2 heteroatoms. The molecule has 0 heterocycles. The predicted molar refractivity (Wildman–Crippen MR) is 77.8 cm³/mol. The summed E-state index contributed by atoms with van der Waals surface area (Å²) in [7, 11) is 0. The third-order valence-corrected chi connectivity index (χ3v) is 4.48. The third-order valence-electron chi connectivity index (χ3n) is 3.76. The van der Waals surface area contributed by atoms with E-state index in [9.17, 15) is 0 Å². The van der Waals surface area contributed by atoms with E-state index in [0.29, 0.717) is 11.5 Å². The van der Waals surface area contributed by atoms with Gasteiger partial charge in [0.25, 0.3) is 0 Å². The van der Waals surface area contributed by atoms with Gasteiger partial charge in [0.15, 0.2) is 0 Å². The van der Waals surface area contributed by atoms with Gasteiger partial charge < -0.3 is 5.32 Å². The van der Waals surface area contributed by atoms with E-state index in [2.05, 4.69) is 56.6 Å². The number of hydrogen-bond acceptors (Lipinski definition) is 2. The summed E-state index contributed by atoms with van der Waals surface area (Å²) in [5.74, 6) is 0.767. The molecular weight excluding hydrogens is 226 g/mol. The van der Waals surface area contributed by atoms with Gasteiger partial charge in [0.1, 0.15) is 0 Å². The van der Waals surface area contributed by atoms with Crippen LogP contribution in [-0.2, 0) is 0 Å². The van der Waals surface area contributed by atoms with Crippen molar-refractivity contribution in [3.8, 4) is 0 Å². The Bertz CT molecular complexity index is 386. The zero-order valence-electron chi connectivity index (χ0n) is 11.3. The van der Waals surface area contributed by atoms with E-state index in [1.54, 1.807) is 11.8 Å². The minimum atomic E-state index is 0.494. The van der Waals surface area contributed by atoms with Crippen molar-refractivity contribution in [1.82, 2.24) is 0 Å². The van der Waals surface area contributed by atoms with Crippen molar-refractivity contribution < 1.29 is 0 Å². The Hall–Kier alpha value is -0.630. The smallest absolute Gasteiger partial charge is 0.0353 e. The van der Waals surface area contributed by atoms with Crippen molar-refractivity contribution in [3.63, 3.8) is 0 Å². The molecule has 1 N–H and O–H groups in total. The summed E-state index contributed by atoms with van der Waals surface area (Å²) in [5.41, 5.74) is 1.76. The molecule has 2 unspecified atom stereocenters. The fourth-order valence-electron chi connectivity index (χ4n) is 3.01. The van der Waals surface area contributed by atoms with E-state index < -0.39 is 0 Å². The Morgan fingerprint density at radius 1 is 1.29 bits per heavy atom. The molecule has 1 aromatic carbocycles. The number of anilines is 1. The maximum Gasteiger partial charge on any atom is 0.0353 e. The first kappa shape index (κ1) is 12.8. The molecule has 2 rings (SSSR count). The molecule has 17 heavy (non-hydrogen) atoms. The lowest BCUT2D eigenvalue weighted by Gasteiger charge is -2.20. The lowest BCUT2D eigenvalue weighted by Crippen LogP contribution is -2.22. The van der Waals surface area contributed by atoms with Crippen LogP contribution in [0.15, 0.2) is 29.2 Å².